The van der Waals surface area contributed by atoms with Gasteiger partial charge in [-0.1, -0.05) is 109 Å². The number of rotatable bonds is 20. The highest BCUT2D eigenvalue weighted by atomic mass is 16.5. The number of fused-ring (bicyclic) bond motifs is 1. The monoisotopic (exact) mass is 535 g/mol. The van der Waals surface area contributed by atoms with Crippen molar-refractivity contribution in [2.45, 2.75) is 111 Å². The molecule has 1 heterocycles. The van der Waals surface area contributed by atoms with Crippen LogP contribution >= 0.6 is 0 Å². The minimum atomic E-state index is -0.100. The van der Waals surface area contributed by atoms with Crippen LogP contribution in [0.5, 0.6) is 17.2 Å². The van der Waals surface area contributed by atoms with Crippen LogP contribution in [0.25, 0.3) is 10.9 Å². The molecule has 0 saturated heterocycles. The maximum atomic E-state index is 13.9. The summed E-state index contributed by atoms with van der Waals surface area (Å²) in [5.74, 6) is 1.68. The van der Waals surface area contributed by atoms with Crippen molar-refractivity contribution < 1.29 is 14.2 Å². The van der Waals surface area contributed by atoms with E-state index in [1.165, 1.54) is 25.7 Å². The van der Waals surface area contributed by atoms with E-state index in [1.807, 2.05) is 41.0 Å². The maximum absolute atomic E-state index is 13.9. The summed E-state index contributed by atoms with van der Waals surface area (Å²) >= 11 is 0. The van der Waals surface area contributed by atoms with Crippen LogP contribution in [0.3, 0.4) is 0 Å². The first kappa shape index (κ1) is 30.6. The zero-order chi connectivity index (χ0) is 27.7. The van der Waals surface area contributed by atoms with Crippen LogP contribution in [-0.2, 0) is 13.2 Å². The molecule has 3 aromatic rings. The SMILES string of the molecule is CCCCCCCCOc1c(OCCCC)c2ccc(OCc3ccccc3)cc2n(CCCCCC)c1=O. The number of nitrogens with zero attached hydrogens (tertiary/aromatic N) is 1. The molecule has 214 valence electrons. The molecule has 0 atom stereocenters. The van der Waals surface area contributed by atoms with Gasteiger partial charge in [-0.15, -0.1) is 0 Å². The van der Waals surface area contributed by atoms with Gasteiger partial charge in [0.25, 0.3) is 5.56 Å². The van der Waals surface area contributed by atoms with Gasteiger partial charge in [0.2, 0.25) is 5.75 Å². The van der Waals surface area contributed by atoms with Gasteiger partial charge in [0.05, 0.1) is 18.7 Å². The van der Waals surface area contributed by atoms with Crippen molar-refractivity contribution in [3.05, 3.63) is 64.4 Å². The van der Waals surface area contributed by atoms with Crippen molar-refractivity contribution in [3.8, 4) is 17.2 Å². The number of hydrogen-bond acceptors (Lipinski definition) is 4. The molecule has 0 unspecified atom stereocenters. The third-order valence-corrected chi connectivity index (χ3v) is 7.12. The van der Waals surface area contributed by atoms with Gasteiger partial charge in [0.1, 0.15) is 12.4 Å². The zero-order valence-corrected chi connectivity index (χ0v) is 24.5. The first-order valence-corrected chi connectivity index (χ1v) is 15.3. The average Bonchev–Trinajstić information content (AvgIpc) is 2.96. The lowest BCUT2D eigenvalue weighted by atomic mass is 10.1. The van der Waals surface area contributed by atoms with E-state index in [4.69, 9.17) is 14.2 Å². The van der Waals surface area contributed by atoms with E-state index in [2.05, 4.69) is 32.9 Å². The highest BCUT2D eigenvalue weighted by molar-refractivity contribution is 5.89. The predicted octanol–water partition coefficient (Wildman–Crippen LogP) is 9.08. The molecule has 0 bridgehead atoms. The molecule has 0 aliphatic heterocycles. The molecule has 1 aromatic heterocycles. The molecule has 5 heteroatoms. The number of ether oxygens (including phenoxy) is 3. The Morgan fingerprint density at radius 1 is 0.641 bits per heavy atom. The van der Waals surface area contributed by atoms with Crippen molar-refractivity contribution in [3.63, 3.8) is 0 Å². The molecule has 0 saturated carbocycles. The molecule has 0 fully saturated rings. The summed E-state index contributed by atoms with van der Waals surface area (Å²) in [5.41, 5.74) is 1.86. The predicted molar refractivity (Wildman–Crippen MR) is 162 cm³/mol. The lowest BCUT2D eigenvalue weighted by Crippen LogP contribution is -2.24. The van der Waals surface area contributed by atoms with Crippen LogP contribution in [0.1, 0.15) is 103 Å². The van der Waals surface area contributed by atoms with Gasteiger partial charge in [-0.25, -0.2) is 0 Å². The Balaban J connectivity index is 1.92. The van der Waals surface area contributed by atoms with Gasteiger partial charge in [0.15, 0.2) is 5.75 Å². The number of pyridine rings is 1. The Labute approximate surface area is 235 Å². The fourth-order valence-electron chi connectivity index (χ4n) is 4.77. The van der Waals surface area contributed by atoms with E-state index >= 15 is 0 Å². The minimum Gasteiger partial charge on any atom is -0.489 e. The highest BCUT2D eigenvalue weighted by Crippen LogP contribution is 2.35. The molecule has 39 heavy (non-hydrogen) atoms. The number of aryl methyl sites for hydroxylation is 1. The van der Waals surface area contributed by atoms with E-state index in [-0.39, 0.29) is 5.56 Å². The fraction of sp³-hybridized carbons (Fsp3) is 0.559. The third-order valence-electron chi connectivity index (χ3n) is 7.12. The van der Waals surface area contributed by atoms with Gasteiger partial charge >= 0.3 is 0 Å². The summed E-state index contributed by atoms with van der Waals surface area (Å²) in [7, 11) is 0. The van der Waals surface area contributed by atoms with E-state index in [9.17, 15) is 4.79 Å². The molecule has 2 aromatic carbocycles. The van der Waals surface area contributed by atoms with Crippen molar-refractivity contribution >= 4 is 10.9 Å². The molecule has 3 rings (SSSR count). The normalized spacial score (nSPS) is 11.2. The Bertz CT molecular complexity index is 1160. The Kier molecular flexibility index (Phi) is 13.8. The van der Waals surface area contributed by atoms with Crippen LogP contribution in [0.4, 0.5) is 0 Å². The second kappa shape index (κ2) is 17.6. The van der Waals surface area contributed by atoms with Gasteiger partial charge in [-0.2, -0.15) is 0 Å². The molecule has 0 aliphatic carbocycles. The topological polar surface area (TPSA) is 49.7 Å². The fourth-order valence-corrected chi connectivity index (χ4v) is 4.77. The Hall–Kier alpha value is -2.95. The second-order valence-corrected chi connectivity index (χ2v) is 10.4. The van der Waals surface area contributed by atoms with Crippen LogP contribution in [-0.4, -0.2) is 17.8 Å². The summed E-state index contributed by atoms with van der Waals surface area (Å²) in [6, 6.07) is 16.1. The summed E-state index contributed by atoms with van der Waals surface area (Å²) < 4.78 is 20.5. The van der Waals surface area contributed by atoms with Crippen molar-refractivity contribution in [1.29, 1.82) is 0 Å². The summed E-state index contributed by atoms with van der Waals surface area (Å²) in [6.45, 7) is 8.80. The third kappa shape index (κ3) is 9.63. The number of unbranched alkanes of at least 4 members (excludes halogenated alkanes) is 9. The first-order valence-electron chi connectivity index (χ1n) is 15.3. The minimum absolute atomic E-state index is 0.100. The van der Waals surface area contributed by atoms with E-state index in [0.29, 0.717) is 37.9 Å². The lowest BCUT2D eigenvalue weighted by molar-refractivity contribution is 0.257. The molecule has 0 N–H and O–H groups in total. The Morgan fingerprint density at radius 2 is 1.28 bits per heavy atom. The van der Waals surface area contributed by atoms with Crippen molar-refractivity contribution in [2.24, 2.45) is 0 Å². The molecule has 0 amide bonds. The molecular formula is C34H49NO4. The number of aromatic nitrogens is 1. The first-order chi connectivity index (χ1) is 19.2. The molecule has 5 nitrogen and oxygen atoms in total. The van der Waals surface area contributed by atoms with E-state index < -0.39 is 0 Å². The highest BCUT2D eigenvalue weighted by Gasteiger charge is 2.20. The smallest absolute Gasteiger partial charge is 0.297 e. The van der Waals surface area contributed by atoms with Gasteiger partial charge in [-0.05, 0) is 37.0 Å². The van der Waals surface area contributed by atoms with Crippen LogP contribution < -0.4 is 19.8 Å². The average molecular weight is 536 g/mol. The standard InChI is InChI=1S/C34H49NO4/c1-4-7-10-12-13-18-25-38-33-32(37-24-9-6-3)30-22-21-29(39-27-28-19-15-14-16-20-28)26-31(30)35(34(33)36)23-17-11-8-5-2/h14-16,19-22,26H,4-13,17-18,23-25,27H2,1-3H3. The molecule has 0 spiro atoms. The number of hydrogen-bond donors (Lipinski definition) is 0. The van der Waals surface area contributed by atoms with E-state index in [0.717, 1.165) is 73.6 Å². The van der Waals surface area contributed by atoms with Crippen LogP contribution in [0, 0.1) is 0 Å². The summed E-state index contributed by atoms with van der Waals surface area (Å²) in [6.07, 6.45) is 13.4. The van der Waals surface area contributed by atoms with Crippen molar-refractivity contribution in [2.75, 3.05) is 13.2 Å². The Morgan fingerprint density at radius 3 is 2.03 bits per heavy atom. The second-order valence-electron chi connectivity index (χ2n) is 10.4. The summed E-state index contributed by atoms with van der Waals surface area (Å²) in [4.78, 5) is 13.9. The zero-order valence-electron chi connectivity index (χ0n) is 24.5. The maximum Gasteiger partial charge on any atom is 0.297 e. The molecule has 0 aliphatic rings. The van der Waals surface area contributed by atoms with Gasteiger partial charge < -0.3 is 18.8 Å². The van der Waals surface area contributed by atoms with Crippen molar-refractivity contribution in [1.82, 2.24) is 4.57 Å². The quantitative estimate of drug-likeness (QED) is 0.135. The number of benzene rings is 2. The van der Waals surface area contributed by atoms with E-state index in [1.54, 1.807) is 0 Å². The largest absolute Gasteiger partial charge is 0.489 e. The molecule has 0 radical (unpaired) electrons. The van der Waals surface area contributed by atoms with Gasteiger partial charge in [-0.3, -0.25) is 4.79 Å². The van der Waals surface area contributed by atoms with Crippen LogP contribution in [0.2, 0.25) is 0 Å². The van der Waals surface area contributed by atoms with Gasteiger partial charge in [0, 0.05) is 18.0 Å². The summed E-state index contributed by atoms with van der Waals surface area (Å²) in [5, 5.41) is 0.909. The molecular weight excluding hydrogens is 486 g/mol. The lowest BCUT2D eigenvalue weighted by Gasteiger charge is -2.19. The van der Waals surface area contributed by atoms with Crippen LogP contribution in [0.15, 0.2) is 53.3 Å².